The van der Waals surface area contributed by atoms with Gasteiger partial charge in [-0.15, -0.1) is 0 Å². The highest BCUT2D eigenvalue weighted by atomic mass is 16.2. The van der Waals surface area contributed by atoms with Gasteiger partial charge in [0.2, 0.25) is 11.9 Å². The van der Waals surface area contributed by atoms with E-state index in [1.807, 2.05) is 27.2 Å². The number of nitrogens with zero attached hydrogens (tertiary/aromatic N) is 7. The molecule has 1 atom stereocenters. The van der Waals surface area contributed by atoms with E-state index in [1.165, 1.54) is 0 Å². The molecule has 1 aromatic rings. The lowest BCUT2D eigenvalue weighted by Gasteiger charge is -2.36. The minimum atomic E-state index is 0.0533. The largest absolute Gasteiger partial charge is 0.356 e. The molecule has 1 aromatic heterocycles. The molecule has 0 bridgehead atoms. The molecule has 3 heterocycles. The first-order chi connectivity index (χ1) is 14.1. The van der Waals surface area contributed by atoms with Gasteiger partial charge in [-0.1, -0.05) is 0 Å². The number of anilines is 1. The monoisotopic (exact) mass is 402 g/mol. The van der Waals surface area contributed by atoms with E-state index in [0.29, 0.717) is 0 Å². The highest BCUT2D eigenvalue weighted by Gasteiger charge is 2.31. The molecule has 0 saturated carbocycles. The second-order valence-corrected chi connectivity index (χ2v) is 7.78. The van der Waals surface area contributed by atoms with Crippen LogP contribution in [-0.4, -0.2) is 110 Å². The van der Waals surface area contributed by atoms with Gasteiger partial charge < -0.3 is 20.0 Å². The summed E-state index contributed by atoms with van der Waals surface area (Å²) in [6.45, 7) is 6.36. The molecule has 160 valence electrons. The number of amides is 1. The van der Waals surface area contributed by atoms with Gasteiger partial charge in [0.1, 0.15) is 0 Å². The standard InChI is InChI=1S/C20H34N8O/c1-21-19(27-13-15-28(16-14-27)20-23-8-5-9-24-20)22-10-6-12-26-11-4-7-17(26)18(29)25(2)3/h5,8-9,17H,4,6-7,10-16H2,1-3H3,(H,21,22). The number of nitrogens with one attached hydrogen (secondary N) is 1. The Labute approximate surface area is 173 Å². The molecular formula is C20H34N8O. The maximum atomic E-state index is 12.3. The van der Waals surface area contributed by atoms with E-state index in [2.05, 4.69) is 35.0 Å². The predicted molar refractivity (Wildman–Crippen MR) is 115 cm³/mol. The van der Waals surface area contributed by atoms with E-state index in [4.69, 9.17) is 0 Å². The Bertz CT molecular complexity index is 672. The molecule has 0 aliphatic carbocycles. The zero-order chi connectivity index (χ0) is 20.6. The van der Waals surface area contributed by atoms with Crippen molar-refractivity contribution >= 4 is 17.8 Å². The van der Waals surface area contributed by atoms with Gasteiger partial charge in [0.15, 0.2) is 5.96 Å². The zero-order valence-electron chi connectivity index (χ0n) is 17.9. The van der Waals surface area contributed by atoms with E-state index in [-0.39, 0.29) is 11.9 Å². The second kappa shape index (κ2) is 10.4. The number of carbonyl (C=O) groups excluding carboxylic acids is 1. The molecule has 2 aliphatic rings. The molecule has 1 unspecified atom stereocenters. The average Bonchev–Trinajstić information content (AvgIpc) is 3.22. The Morgan fingerprint density at radius 3 is 2.59 bits per heavy atom. The summed E-state index contributed by atoms with van der Waals surface area (Å²) >= 11 is 0. The Kier molecular flexibility index (Phi) is 7.62. The smallest absolute Gasteiger partial charge is 0.239 e. The molecule has 9 nitrogen and oxygen atoms in total. The quantitative estimate of drug-likeness (QED) is 0.411. The van der Waals surface area contributed by atoms with Crippen molar-refractivity contribution in [3.05, 3.63) is 18.5 Å². The molecule has 9 heteroatoms. The van der Waals surface area contributed by atoms with Crippen molar-refractivity contribution in [2.45, 2.75) is 25.3 Å². The van der Waals surface area contributed by atoms with Crippen molar-refractivity contribution < 1.29 is 4.79 Å². The van der Waals surface area contributed by atoms with Gasteiger partial charge >= 0.3 is 0 Å². The van der Waals surface area contributed by atoms with Crippen LogP contribution in [0.5, 0.6) is 0 Å². The number of hydrogen-bond donors (Lipinski definition) is 1. The maximum Gasteiger partial charge on any atom is 0.239 e. The molecule has 2 aliphatic heterocycles. The summed E-state index contributed by atoms with van der Waals surface area (Å²) in [5.41, 5.74) is 0. The lowest BCUT2D eigenvalue weighted by atomic mass is 10.2. The van der Waals surface area contributed by atoms with E-state index in [1.54, 1.807) is 17.3 Å². The summed E-state index contributed by atoms with van der Waals surface area (Å²) < 4.78 is 0. The van der Waals surface area contributed by atoms with E-state index < -0.39 is 0 Å². The number of likely N-dealkylation sites (N-methyl/N-ethyl adjacent to an activating group) is 1. The Morgan fingerprint density at radius 2 is 1.93 bits per heavy atom. The van der Waals surface area contributed by atoms with Crippen LogP contribution in [-0.2, 0) is 4.79 Å². The van der Waals surface area contributed by atoms with Crippen LogP contribution in [0, 0.1) is 0 Å². The van der Waals surface area contributed by atoms with Gasteiger partial charge in [-0.05, 0) is 31.9 Å². The van der Waals surface area contributed by atoms with Crippen LogP contribution in [0.1, 0.15) is 19.3 Å². The summed E-state index contributed by atoms with van der Waals surface area (Å²) in [6, 6.07) is 1.89. The first-order valence-electron chi connectivity index (χ1n) is 10.5. The minimum Gasteiger partial charge on any atom is -0.356 e. The van der Waals surface area contributed by atoms with Crippen LogP contribution in [0.25, 0.3) is 0 Å². The van der Waals surface area contributed by atoms with E-state index in [0.717, 1.165) is 77.0 Å². The number of aliphatic imine (C=N–C) groups is 1. The number of piperazine rings is 1. The highest BCUT2D eigenvalue weighted by Crippen LogP contribution is 2.18. The predicted octanol–water partition coefficient (Wildman–Crippen LogP) is 0.117. The third-order valence-electron chi connectivity index (χ3n) is 5.62. The van der Waals surface area contributed by atoms with Crippen LogP contribution >= 0.6 is 0 Å². The molecule has 1 amide bonds. The van der Waals surface area contributed by atoms with Crippen LogP contribution in [0.3, 0.4) is 0 Å². The third kappa shape index (κ3) is 5.56. The number of carbonyl (C=O) groups is 1. The van der Waals surface area contributed by atoms with Crippen molar-refractivity contribution in [2.24, 2.45) is 4.99 Å². The van der Waals surface area contributed by atoms with Crippen molar-refractivity contribution in [3.63, 3.8) is 0 Å². The Balaban J connectivity index is 1.39. The zero-order valence-corrected chi connectivity index (χ0v) is 17.9. The number of hydrogen-bond acceptors (Lipinski definition) is 6. The molecule has 3 rings (SSSR count). The summed E-state index contributed by atoms with van der Waals surface area (Å²) in [4.78, 5) is 34.0. The molecule has 0 spiro atoms. The molecular weight excluding hydrogens is 368 g/mol. The fourth-order valence-electron chi connectivity index (χ4n) is 4.06. The van der Waals surface area contributed by atoms with E-state index >= 15 is 0 Å². The van der Waals surface area contributed by atoms with Gasteiger partial charge in [0.25, 0.3) is 0 Å². The molecule has 29 heavy (non-hydrogen) atoms. The lowest BCUT2D eigenvalue weighted by molar-refractivity contribution is -0.133. The average molecular weight is 403 g/mol. The van der Waals surface area contributed by atoms with Crippen LogP contribution in [0.15, 0.2) is 23.5 Å². The third-order valence-corrected chi connectivity index (χ3v) is 5.62. The van der Waals surface area contributed by atoms with Crippen molar-refractivity contribution in [1.82, 2.24) is 30.0 Å². The Morgan fingerprint density at radius 1 is 1.21 bits per heavy atom. The summed E-state index contributed by atoms with van der Waals surface area (Å²) in [7, 11) is 5.52. The molecule has 2 fully saturated rings. The first kappa shape index (κ1) is 21.3. The van der Waals surface area contributed by atoms with Crippen molar-refractivity contribution in [3.8, 4) is 0 Å². The second-order valence-electron chi connectivity index (χ2n) is 7.78. The van der Waals surface area contributed by atoms with Gasteiger partial charge in [-0.2, -0.15) is 0 Å². The van der Waals surface area contributed by atoms with Crippen molar-refractivity contribution in [1.29, 1.82) is 0 Å². The van der Waals surface area contributed by atoms with E-state index in [9.17, 15) is 4.79 Å². The van der Waals surface area contributed by atoms with Crippen LogP contribution in [0.4, 0.5) is 5.95 Å². The number of likely N-dealkylation sites (tertiary alicyclic amines) is 1. The number of aromatic nitrogens is 2. The normalized spacial score (nSPS) is 20.8. The fourth-order valence-corrected chi connectivity index (χ4v) is 4.06. The Hall–Kier alpha value is -2.42. The molecule has 2 saturated heterocycles. The molecule has 0 radical (unpaired) electrons. The van der Waals surface area contributed by atoms with Gasteiger partial charge in [0.05, 0.1) is 6.04 Å². The fraction of sp³-hybridized carbons (Fsp3) is 0.700. The molecule has 1 N–H and O–H groups in total. The SMILES string of the molecule is CN=C(NCCCN1CCCC1C(=O)N(C)C)N1CCN(c2ncccn2)CC1. The number of rotatable bonds is 6. The summed E-state index contributed by atoms with van der Waals surface area (Å²) in [5, 5.41) is 3.49. The van der Waals surface area contributed by atoms with Crippen molar-refractivity contribution in [2.75, 3.05) is 71.9 Å². The minimum absolute atomic E-state index is 0.0533. The summed E-state index contributed by atoms with van der Waals surface area (Å²) in [6.07, 6.45) is 6.64. The lowest BCUT2D eigenvalue weighted by Crippen LogP contribution is -2.53. The van der Waals surface area contributed by atoms with Gasteiger partial charge in [-0.25, -0.2) is 9.97 Å². The summed E-state index contributed by atoms with van der Waals surface area (Å²) in [5.74, 6) is 1.97. The maximum absolute atomic E-state index is 12.3. The molecule has 0 aromatic carbocycles. The van der Waals surface area contributed by atoms with Crippen LogP contribution in [0.2, 0.25) is 0 Å². The first-order valence-corrected chi connectivity index (χ1v) is 10.5. The van der Waals surface area contributed by atoms with Crippen LogP contribution < -0.4 is 10.2 Å². The highest BCUT2D eigenvalue weighted by molar-refractivity contribution is 5.81. The topological polar surface area (TPSA) is 80.2 Å². The van der Waals surface area contributed by atoms with Gasteiger partial charge in [0, 0.05) is 72.8 Å². The van der Waals surface area contributed by atoms with Gasteiger partial charge in [-0.3, -0.25) is 14.7 Å². The number of guanidine groups is 1.